The van der Waals surface area contributed by atoms with Crippen LogP contribution in [-0.4, -0.2) is 17.0 Å². The normalized spacial score (nSPS) is 10.4. The molecular weight excluding hydrogens is 280 g/mol. The smallest absolute Gasteiger partial charge is 0.223 e. The van der Waals surface area contributed by atoms with Crippen molar-refractivity contribution in [2.45, 2.75) is 9.92 Å². The predicted molar refractivity (Wildman–Crippen MR) is 67.1 cm³/mol. The molecule has 18 heavy (non-hydrogen) atoms. The predicted octanol–water partition coefficient (Wildman–Crippen LogP) is 3.60. The average Bonchev–Trinajstić information content (AvgIpc) is 2.36. The van der Waals surface area contributed by atoms with Gasteiger partial charge in [-0.1, -0.05) is 23.4 Å². The Morgan fingerprint density at radius 3 is 2.83 bits per heavy atom. The Balaban J connectivity index is 2.36. The molecule has 2 aromatic rings. The van der Waals surface area contributed by atoms with Crippen molar-refractivity contribution in [1.82, 2.24) is 9.97 Å². The number of benzene rings is 1. The molecule has 1 aromatic carbocycles. The van der Waals surface area contributed by atoms with Gasteiger partial charge in [0.05, 0.1) is 16.1 Å². The first-order chi connectivity index (χ1) is 8.60. The van der Waals surface area contributed by atoms with Crippen LogP contribution >= 0.6 is 23.4 Å². The zero-order valence-electron chi connectivity index (χ0n) is 9.25. The lowest BCUT2D eigenvalue weighted by Crippen LogP contribution is -1.97. The summed E-state index contributed by atoms with van der Waals surface area (Å²) in [6.07, 6.45) is 1.40. The van der Waals surface area contributed by atoms with Crippen LogP contribution in [0.15, 0.2) is 34.3 Å². The van der Waals surface area contributed by atoms with Gasteiger partial charge in [-0.3, -0.25) is 0 Å². The van der Waals surface area contributed by atoms with E-state index in [0.717, 1.165) is 30.0 Å². The number of hydrogen-bond acceptors (Lipinski definition) is 4. The number of rotatable bonds is 3. The summed E-state index contributed by atoms with van der Waals surface area (Å²) in [5, 5.41) is 3.39. The molecule has 0 radical (unpaired) electrons. The second-order valence-corrected chi connectivity index (χ2v) is 4.71. The first-order valence-electron chi connectivity index (χ1n) is 4.93. The monoisotopic (exact) mass is 287 g/mol. The van der Waals surface area contributed by atoms with Crippen molar-refractivity contribution in [3.63, 3.8) is 0 Å². The lowest BCUT2D eigenvalue weighted by atomic mass is 10.3. The molecule has 1 heterocycles. The molecule has 0 bridgehead atoms. The van der Waals surface area contributed by atoms with Gasteiger partial charge in [-0.2, -0.15) is 0 Å². The van der Waals surface area contributed by atoms with Gasteiger partial charge in [0.2, 0.25) is 5.95 Å². The summed E-state index contributed by atoms with van der Waals surface area (Å²) in [6, 6.07) is 3.21. The Morgan fingerprint density at radius 2 is 2.11 bits per heavy atom. The maximum absolute atomic E-state index is 13.5. The highest BCUT2D eigenvalue weighted by molar-refractivity contribution is 7.99. The van der Waals surface area contributed by atoms with Crippen molar-refractivity contribution in [3.8, 4) is 0 Å². The maximum Gasteiger partial charge on any atom is 0.223 e. The van der Waals surface area contributed by atoms with Crippen LogP contribution in [0.5, 0.6) is 0 Å². The van der Waals surface area contributed by atoms with E-state index in [-0.39, 0.29) is 9.92 Å². The molecule has 0 fully saturated rings. The zero-order chi connectivity index (χ0) is 13.1. The third-order valence-electron chi connectivity index (χ3n) is 2.04. The van der Waals surface area contributed by atoms with Crippen molar-refractivity contribution < 1.29 is 8.78 Å². The standard InChI is InChI=1S/C11H8ClF2N3S/c1-15-11-16-5-7(12)10(17-11)18-9-4-6(13)2-3-8(9)14/h2-5H,1H3,(H,15,16,17). The first kappa shape index (κ1) is 13.0. The molecule has 2 rings (SSSR count). The molecule has 0 atom stereocenters. The lowest BCUT2D eigenvalue weighted by Gasteiger charge is -2.06. The number of nitrogens with one attached hydrogen (secondary N) is 1. The Morgan fingerprint density at radius 1 is 1.33 bits per heavy atom. The van der Waals surface area contributed by atoms with Gasteiger partial charge >= 0.3 is 0 Å². The van der Waals surface area contributed by atoms with Crippen LogP contribution in [0.1, 0.15) is 0 Å². The lowest BCUT2D eigenvalue weighted by molar-refractivity contribution is 0.577. The van der Waals surface area contributed by atoms with Gasteiger partial charge in [0, 0.05) is 7.05 Å². The molecule has 0 spiro atoms. The van der Waals surface area contributed by atoms with Gasteiger partial charge < -0.3 is 5.32 Å². The summed E-state index contributed by atoms with van der Waals surface area (Å²) >= 11 is 6.85. The van der Waals surface area contributed by atoms with Crippen LogP contribution in [0.25, 0.3) is 0 Å². The van der Waals surface area contributed by atoms with Crippen LogP contribution in [0, 0.1) is 11.6 Å². The fraction of sp³-hybridized carbons (Fsp3) is 0.0909. The molecular formula is C11H8ClF2N3S. The van der Waals surface area contributed by atoms with E-state index in [2.05, 4.69) is 15.3 Å². The molecule has 94 valence electrons. The van der Waals surface area contributed by atoms with Crippen molar-refractivity contribution in [2.24, 2.45) is 0 Å². The second kappa shape index (κ2) is 5.49. The fourth-order valence-electron chi connectivity index (χ4n) is 1.20. The van der Waals surface area contributed by atoms with E-state index in [9.17, 15) is 8.78 Å². The fourth-order valence-corrected chi connectivity index (χ4v) is 2.24. The van der Waals surface area contributed by atoms with Crippen molar-refractivity contribution in [3.05, 3.63) is 41.1 Å². The third kappa shape index (κ3) is 2.88. The van der Waals surface area contributed by atoms with Crippen LogP contribution < -0.4 is 5.32 Å². The molecule has 3 nitrogen and oxygen atoms in total. The van der Waals surface area contributed by atoms with E-state index in [1.54, 1.807) is 7.05 Å². The Hall–Kier alpha value is -1.40. The molecule has 0 saturated carbocycles. The van der Waals surface area contributed by atoms with E-state index in [0.29, 0.717) is 11.0 Å². The quantitative estimate of drug-likeness (QED) is 0.875. The molecule has 0 aliphatic carbocycles. The van der Waals surface area contributed by atoms with Crippen LogP contribution in [0.3, 0.4) is 0 Å². The van der Waals surface area contributed by atoms with Gasteiger partial charge in [0.15, 0.2) is 0 Å². The number of anilines is 1. The number of nitrogens with zero attached hydrogens (tertiary/aromatic N) is 2. The minimum Gasteiger partial charge on any atom is -0.357 e. The Bertz CT molecular complexity index is 580. The van der Waals surface area contributed by atoms with Crippen LogP contribution in [0.4, 0.5) is 14.7 Å². The minimum atomic E-state index is -0.526. The first-order valence-corrected chi connectivity index (χ1v) is 6.13. The SMILES string of the molecule is CNc1ncc(Cl)c(Sc2cc(F)ccc2F)n1. The van der Waals surface area contributed by atoms with Crippen molar-refractivity contribution in [1.29, 1.82) is 0 Å². The van der Waals surface area contributed by atoms with Gasteiger partial charge in [-0.15, -0.1) is 0 Å². The Labute approximate surface area is 112 Å². The molecule has 0 aliphatic rings. The van der Waals surface area contributed by atoms with E-state index in [1.807, 2.05) is 0 Å². The largest absolute Gasteiger partial charge is 0.357 e. The summed E-state index contributed by atoms with van der Waals surface area (Å²) in [4.78, 5) is 8.10. The van der Waals surface area contributed by atoms with E-state index in [4.69, 9.17) is 11.6 Å². The number of halogens is 3. The summed E-state index contributed by atoms with van der Waals surface area (Å²) in [7, 11) is 1.65. The molecule has 0 amide bonds. The van der Waals surface area contributed by atoms with Gasteiger partial charge in [-0.25, -0.2) is 18.7 Å². The zero-order valence-corrected chi connectivity index (χ0v) is 10.8. The summed E-state index contributed by atoms with van der Waals surface area (Å²) < 4.78 is 26.5. The van der Waals surface area contributed by atoms with Crippen molar-refractivity contribution >= 4 is 29.3 Å². The van der Waals surface area contributed by atoms with Crippen LogP contribution in [-0.2, 0) is 0 Å². The average molecular weight is 288 g/mol. The maximum atomic E-state index is 13.5. The van der Waals surface area contributed by atoms with E-state index < -0.39 is 11.6 Å². The molecule has 1 aromatic heterocycles. The molecule has 7 heteroatoms. The second-order valence-electron chi connectivity index (χ2n) is 3.27. The minimum absolute atomic E-state index is 0.123. The van der Waals surface area contributed by atoms with Gasteiger partial charge in [-0.05, 0) is 18.2 Å². The highest BCUT2D eigenvalue weighted by Gasteiger charge is 2.11. The number of hydrogen-bond donors (Lipinski definition) is 1. The van der Waals surface area contributed by atoms with Crippen LogP contribution in [0.2, 0.25) is 5.02 Å². The highest BCUT2D eigenvalue weighted by atomic mass is 35.5. The Kier molecular flexibility index (Phi) is 3.98. The van der Waals surface area contributed by atoms with Gasteiger partial charge in [0.1, 0.15) is 16.7 Å². The summed E-state index contributed by atoms with van der Waals surface area (Å²) in [5.74, 6) is -0.682. The number of aromatic nitrogens is 2. The van der Waals surface area contributed by atoms with E-state index >= 15 is 0 Å². The van der Waals surface area contributed by atoms with E-state index in [1.165, 1.54) is 6.20 Å². The van der Waals surface area contributed by atoms with Gasteiger partial charge in [0.25, 0.3) is 0 Å². The molecule has 1 N–H and O–H groups in total. The summed E-state index contributed by atoms with van der Waals surface area (Å²) in [5.41, 5.74) is 0. The third-order valence-corrected chi connectivity index (χ3v) is 3.46. The highest BCUT2D eigenvalue weighted by Crippen LogP contribution is 2.33. The summed E-state index contributed by atoms with van der Waals surface area (Å²) in [6.45, 7) is 0. The van der Waals surface area contributed by atoms with Crippen molar-refractivity contribution in [2.75, 3.05) is 12.4 Å². The molecule has 0 aliphatic heterocycles. The molecule has 0 unspecified atom stereocenters. The molecule has 0 saturated heterocycles. The topological polar surface area (TPSA) is 37.8 Å².